The van der Waals surface area contributed by atoms with Gasteiger partial charge in [-0.1, -0.05) is 30.5 Å². The smallest absolute Gasteiger partial charge is 0.0417 e. The molecule has 1 atom stereocenters. The van der Waals surface area contributed by atoms with Crippen molar-refractivity contribution in [2.24, 2.45) is 11.8 Å². The number of thioether (sulfide) groups is 1. The number of nitrogens with one attached hydrogen (secondary N) is 1. The zero-order valence-electron chi connectivity index (χ0n) is 9.16. The molecular weight excluding hydrogens is 240 g/mol. The molecule has 0 radical (unpaired) electrons. The van der Waals surface area contributed by atoms with Crippen LogP contribution in [0.3, 0.4) is 0 Å². The second kappa shape index (κ2) is 5.92. The zero-order chi connectivity index (χ0) is 11.4. The summed E-state index contributed by atoms with van der Waals surface area (Å²) in [6.07, 6.45) is 3.95. The molecule has 0 bridgehead atoms. The summed E-state index contributed by atoms with van der Waals surface area (Å²) in [7, 11) is 0. The highest BCUT2D eigenvalue weighted by Gasteiger charge is 2.24. The molecule has 0 spiro atoms. The molecule has 1 aromatic rings. The minimum atomic E-state index is 0.413. The van der Waals surface area contributed by atoms with Gasteiger partial charge in [-0.15, -0.1) is 11.8 Å². The van der Waals surface area contributed by atoms with Crippen molar-refractivity contribution in [2.75, 3.05) is 5.75 Å². The van der Waals surface area contributed by atoms with Gasteiger partial charge in [-0.05, 0) is 30.5 Å². The number of nitrogens with two attached hydrogens (primary N) is 1. The Kier molecular flexibility index (Phi) is 4.53. The third-order valence-electron chi connectivity index (χ3n) is 2.80. The van der Waals surface area contributed by atoms with Crippen LogP contribution in [0.5, 0.6) is 0 Å². The molecule has 0 heterocycles. The van der Waals surface area contributed by atoms with Crippen molar-refractivity contribution < 1.29 is 0 Å². The Morgan fingerprint density at radius 3 is 2.94 bits per heavy atom. The summed E-state index contributed by atoms with van der Waals surface area (Å²) in [5.41, 5.74) is 2.90. The second-order valence-electron chi connectivity index (χ2n) is 4.31. The first-order valence-corrected chi connectivity index (χ1v) is 6.99. The molecule has 2 nitrogen and oxygen atoms in total. The molecule has 1 saturated carbocycles. The third kappa shape index (κ3) is 3.98. The van der Waals surface area contributed by atoms with Gasteiger partial charge in [-0.3, -0.25) is 11.3 Å². The number of halogens is 1. The van der Waals surface area contributed by atoms with E-state index >= 15 is 0 Å². The van der Waals surface area contributed by atoms with E-state index in [-0.39, 0.29) is 0 Å². The largest absolute Gasteiger partial charge is 0.271 e. The summed E-state index contributed by atoms with van der Waals surface area (Å²) < 4.78 is 0. The Labute approximate surface area is 106 Å². The van der Waals surface area contributed by atoms with Crippen molar-refractivity contribution in [3.63, 3.8) is 0 Å². The number of rotatable bonds is 6. The van der Waals surface area contributed by atoms with E-state index in [1.54, 1.807) is 0 Å². The molecule has 1 aliphatic rings. The van der Waals surface area contributed by atoms with Crippen molar-refractivity contribution in [2.45, 2.75) is 30.2 Å². The normalized spacial score (nSPS) is 17.4. The molecule has 1 aromatic carbocycles. The summed E-state index contributed by atoms with van der Waals surface area (Å²) in [4.78, 5) is 1.21. The van der Waals surface area contributed by atoms with E-state index in [4.69, 9.17) is 17.4 Å². The van der Waals surface area contributed by atoms with Gasteiger partial charge < -0.3 is 0 Å². The van der Waals surface area contributed by atoms with Crippen LogP contribution in [0.4, 0.5) is 0 Å². The highest BCUT2D eigenvalue weighted by Crippen LogP contribution is 2.34. The second-order valence-corrected chi connectivity index (χ2v) is 5.84. The summed E-state index contributed by atoms with van der Waals surface area (Å²) in [6.45, 7) is 0. The van der Waals surface area contributed by atoms with Crippen LogP contribution in [0.25, 0.3) is 0 Å². The molecule has 0 aliphatic heterocycles. The summed E-state index contributed by atoms with van der Waals surface area (Å²) in [6, 6.07) is 8.37. The average Bonchev–Trinajstić information content (AvgIpc) is 3.08. The van der Waals surface area contributed by atoms with Gasteiger partial charge >= 0.3 is 0 Å². The number of hydrogen-bond donors (Lipinski definition) is 2. The van der Waals surface area contributed by atoms with Gasteiger partial charge in [0.25, 0.3) is 0 Å². The Balaban J connectivity index is 1.80. The molecule has 4 heteroatoms. The van der Waals surface area contributed by atoms with Crippen molar-refractivity contribution >= 4 is 23.4 Å². The first kappa shape index (κ1) is 12.2. The van der Waals surface area contributed by atoms with Crippen LogP contribution in [0.15, 0.2) is 29.2 Å². The van der Waals surface area contributed by atoms with Crippen LogP contribution >= 0.6 is 23.4 Å². The minimum Gasteiger partial charge on any atom is -0.271 e. The molecule has 1 fully saturated rings. The van der Waals surface area contributed by atoms with E-state index in [1.165, 1.54) is 24.2 Å². The summed E-state index contributed by atoms with van der Waals surface area (Å²) in [5.74, 6) is 7.46. The molecule has 16 heavy (non-hydrogen) atoms. The lowest BCUT2D eigenvalue weighted by Crippen LogP contribution is -2.37. The van der Waals surface area contributed by atoms with Crippen molar-refractivity contribution in [3.8, 4) is 0 Å². The lowest BCUT2D eigenvalue weighted by molar-refractivity contribution is 0.508. The highest BCUT2D eigenvalue weighted by molar-refractivity contribution is 7.99. The van der Waals surface area contributed by atoms with Gasteiger partial charge in [0.05, 0.1) is 0 Å². The van der Waals surface area contributed by atoms with Crippen LogP contribution in [0, 0.1) is 5.92 Å². The molecule has 1 aliphatic carbocycles. The fourth-order valence-corrected chi connectivity index (χ4v) is 2.96. The van der Waals surface area contributed by atoms with Gasteiger partial charge in [0, 0.05) is 21.7 Å². The maximum absolute atomic E-state index is 5.93. The summed E-state index contributed by atoms with van der Waals surface area (Å²) in [5, 5.41) is 0.796. The van der Waals surface area contributed by atoms with Crippen LogP contribution in [-0.2, 0) is 0 Å². The number of hydrogen-bond acceptors (Lipinski definition) is 3. The SMILES string of the molecule is NNC(CSc1cccc(Cl)c1)CC1CC1. The predicted octanol–water partition coefficient (Wildman–Crippen LogP) is 3.06. The maximum atomic E-state index is 5.93. The quantitative estimate of drug-likeness (QED) is 0.467. The van der Waals surface area contributed by atoms with E-state index in [0.717, 1.165) is 16.7 Å². The maximum Gasteiger partial charge on any atom is 0.0417 e. The topological polar surface area (TPSA) is 38.0 Å². The Morgan fingerprint density at radius 2 is 2.31 bits per heavy atom. The fraction of sp³-hybridized carbons (Fsp3) is 0.500. The van der Waals surface area contributed by atoms with Crippen LogP contribution in [-0.4, -0.2) is 11.8 Å². The standard InChI is InChI=1S/C12H17ClN2S/c13-10-2-1-3-12(7-10)16-8-11(15-14)6-9-4-5-9/h1-3,7,9,11,15H,4-6,8,14H2. The van der Waals surface area contributed by atoms with Gasteiger partial charge in [-0.25, -0.2) is 0 Å². The summed E-state index contributed by atoms with van der Waals surface area (Å²) >= 11 is 7.74. The Hall–Kier alpha value is -0.220. The predicted molar refractivity (Wildman–Crippen MR) is 70.6 cm³/mol. The van der Waals surface area contributed by atoms with Gasteiger partial charge in [0.2, 0.25) is 0 Å². The van der Waals surface area contributed by atoms with Crippen molar-refractivity contribution in [1.82, 2.24) is 5.43 Å². The molecule has 88 valence electrons. The Morgan fingerprint density at radius 1 is 1.50 bits per heavy atom. The van der Waals surface area contributed by atoms with Crippen molar-refractivity contribution in [1.29, 1.82) is 0 Å². The highest BCUT2D eigenvalue weighted by atomic mass is 35.5. The lowest BCUT2D eigenvalue weighted by atomic mass is 10.2. The van der Waals surface area contributed by atoms with Gasteiger partial charge in [-0.2, -0.15) is 0 Å². The minimum absolute atomic E-state index is 0.413. The number of benzene rings is 1. The van der Waals surface area contributed by atoms with Gasteiger partial charge in [0.1, 0.15) is 0 Å². The molecule has 2 rings (SSSR count). The van der Waals surface area contributed by atoms with E-state index in [9.17, 15) is 0 Å². The van der Waals surface area contributed by atoms with E-state index < -0.39 is 0 Å². The molecule has 0 amide bonds. The monoisotopic (exact) mass is 256 g/mol. The van der Waals surface area contributed by atoms with E-state index in [1.807, 2.05) is 30.0 Å². The average molecular weight is 257 g/mol. The first-order valence-electron chi connectivity index (χ1n) is 5.62. The molecule has 3 N–H and O–H groups in total. The number of hydrazine groups is 1. The van der Waals surface area contributed by atoms with Crippen molar-refractivity contribution in [3.05, 3.63) is 29.3 Å². The van der Waals surface area contributed by atoms with E-state index in [0.29, 0.717) is 6.04 Å². The molecule has 0 saturated heterocycles. The van der Waals surface area contributed by atoms with Crippen LogP contribution in [0.2, 0.25) is 5.02 Å². The fourth-order valence-electron chi connectivity index (χ4n) is 1.69. The molecule has 0 aromatic heterocycles. The van der Waals surface area contributed by atoms with Crippen LogP contribution in [0.1, 0.15) is 19.3 Å². The molecule has 1 unspecified atom stereocenters. The Bertz CT molecular complexity index is 342. The lowest BCUT2D eigenvalue weighted by Gasteiger charge is -2.14. The first-order chi connectivity index (χ1) is 7.78. The zero-order valence-corrected chi connectivity index (χ0v) is 10.7. The van der Waals surface area contributed by atoms with Crippen LogP contribution < -0.4 is 11.3 Å². The van der Waals surface area contributed by atoms with E-state index in [2.05, 4.69) is 11.5 Å². The third-order valence-corrected chi connectivity index (χ3v) is 4.19. The van der Waals surface area contributed by atoms with Gasteiger partial charge in [0.15, 0.2) is 0 Å². The molecular formula is C12H17ClN2S.